The number of nitrogen functional groups attached to an aromatic ring is 1. The summed E-state index contributed by atoms with van der Waals surface area (Å²) in [6.07, 6.45) is 2.71. The maximum Gasteiger partial charge on any atom is 0.235 e. The highest BCUT2D eigenvalue weighted by molar-refractivity contribution is 6.33. The number of aromatic nitrogens is 1. The maximum absolute atomic E-state index is 13.7. The maximum atomic E-state index is 13.7. The summed E-state index contributed by atoms with van der Waals surface area (Å²) < 4.78 is 13.7. The third-order valence-electron chi connectivity index (χ3n) is 4.77. The van der Waals surface area contributed by atoms with Gasteiger partial charge in [-0.1, -0.05) is 11.6 Å². The molecule has 1 aliphatic heterocycles. The molecule has 2 aliphatic rings. The van der Waals surface area contributed by atoms with Crippen molar-refractivity contribution in [2.45, 2.75) is 38.8 Å². The monoisotopic (exact) mass is 312 g/mol. The van der Waals surface area contributed by atoms with Crippen LogP contribution in [0.3, 0.4) is 0 Å². The van der Waals surface area contributed by atoms with E-state index in [1.807, 2.05) is 0 Å². The van der Waals surface area contributed by atoms with Gasteiger partial charge in [-0.25, -0.2) is 4.98 Å². The van der Waals surface area contributed by atoms with Gasteiger partial charge in [0, 0.05) is 37.8 Å². The average Bonchev–Trinajstić information content (AvgIpc) is 3.28. The Bertz CT molecular complexity index is 511. The summed E-state index contributed by atoms with van der Waals surface area (Å²) >= 11 is 5.74. The zero-order valence-electron chi connectivity index (χ0n) is 12.5. The first-order valence-corrected chi connectivity index (χ1v) is 7.97. The summed E-state index contributed by atoms with van der Waals surface area (Å²) in [7, 11) is 0. The fraction of sp³-hybridized carbons (Fsp3) is 0.667. The topological polar surface area (TPSA) is 45.4 Å². The molecule has 1 aromatic rings. The molecule has 21 heavy (non-hydrogen) atoms. The van der Waals surface area contributed by atoms with Gasteiger partial charge in [-0.15, -0.1) is 0 Å². The molecule has 2 N–H and O–H groups in total. The first kappa shape index (κ1) is 14.9. The number of nitrogens with zero attached hydrogens (tertiary/aromatic N) is 3. The molecule has 3 rings (SSSR count). The van der Waals surface area contributed by atoms with Crippen LogP contribution in [0.1, 0.15) is 26.7 Å². The van der Waals surface area contributed by atoms with E-state index in [1.165, 1.54) is 12.8 Å². The van der Waals surface area contributed by atoms with Crippen molar-refractivity contribution in [3.05, 3.63) is 17.0 Å². The third kappa shape index (κ3) is 2.94. The normalized spacial score (nSPS) is 25.1. The predicted octanol–water partition coefficient (Wildman–Crippen LogP) is 2.77. The highest BCUT2D eigenvalue weighted by atomic mass is 35.5. The molecule has 1 aliphatic carbocycles. The molecule has 2 heterocycles. The van der Waals surface area contributed by atoms with E-state index in [0.717, 1.165) is 25.6 Å². The highest BCUT2D eigenvalue weighted by Crippen LogP contribution is 2.36. The Morgan fingerprint density at radius 3 is 2.71 bits per heavy atom. The van der Waals surface area contributed by atoms with Crippen molar-refractivity contribution in [1.29, 1.82) is 0 Å². The average molecular weight is 313 g/mol. The molecular formula is C15H22ClFN4. The van der Waals surface area contributed by atoms with Crippen LogP contribution in [0.4, 0.5) is 15.9 Å². The minimum atomic E-state index is -0.687. The Morgan fingerprint density at radius 2 is 2.14 bits per heavy atom. The van der Waals surface area contributed by atoms with Crippen LogP contribution in [0.5, 0.6) is 0 Å². The molecule has 1 saturated carbocycles. The molecule has 2 fully saturated rings. The lowest BCUT2D eigenvalue weighted by molar-refractivity contribution is 0.158. The van der Waals surface area contributed by atoms with E-state index >= 15 is 0 Å². The van der Waals surface area contributed by atoms with Gasteiger partial charge in [-0.05, 0) is 32.6 Å². The lowest BCUT2D eigenvalue weighted by Crippen LogP contribution is -2.55. The molecule has 116 valence electrons. The lowest BCUT2D eigenvalue weighted by atomic mass is 10.1. The summed E-state index contributed by atoms with van der Waals surface area (Å²) in [5.41, 5.74) is 6.00. The molecule has 4 nitrogen and oxygen atoms in total. The first-order chi connectivity index (χ1) is 9.97. The standard InChI is InChI=1S/C15H22ClFN4/c1-9-8-20(10(2)11-3-4-11)5-6-21(9)13-7-12(18)14(16)15(17)19-13/h7,9-11H,3-6,8H2,1-2H3,(H2,18,19)/t9-,10+/m0/s1. The van der Waals surface area contributed by atoms with Gasteiger partial charge in [0.1, 0.15) is 10.8 Å². The third-order valence-corrected chi connectivity index (χ3v) is 5.14. The number of piperazine rings is 1. The lowest BCUT2D eigenvalue weighted by Gasteiger charge is -2.43. The van der Waals surface area contributed by atoms with Crippen LogP contribution in [0.25, 0.3) is 0 Å². The molecule has 0 aromatic carbocycles. The van der Waals surface area contributed by atoms with Crippen molar-refractivity contribution in [3.63, 3.8) is 0 Å². The summed E-state index contributed by atoms with van der Waals surface area (Å²) in [5, 5.41) is -0.0904. The van der Waals surface area contributed by atoms with E-state index in [2.05, 4.69) is 28.6 Å². The molecule has 0 radical (unpaired) electrons. The Morgan fingerprint density at radius 1 is 1.43 bits per heavy atom. The molecule has 0 spiro atoms. The molecule has 0 amide bonds. The van der Waals surface area contributed by atoms with Gasteiger partial charge in [0.05, 0.1) is 5.69 Å². The van der Waals surface area contributed by atoms with Gasteiger partial charge in [0.25, 0.3) is 0 Å². The number of hydrogen-bond acceptors (Lipinski definition) is 4. The van der Waals surface area contributed by atoms with E-state index in [9.17, 15) is 4.39 Å². The van der Waals surface area contributed by atoms with E-state index < -0.39 is 5.95 Å². The second-order valence-electron chi connectivity index (χ2n) is 6.29. The fourth-order valence-corrected chi connectivity index (χ4v) is 3.32. The minimum Gasteiger partial charge on any atom is -0.397 e. The van der Waals surface area contributed by atoms with Crippen LogP contribution in [-0.2, 0) is 0 Å². The van der Waals surface area contributed by atoms with E-state index in [1.54, 1.807) is 6.07 Å². The van der Waals surface area contributed by atoms with Crippen LogP contribution >= 0.6 is 11.6 Å². The van der Waals surface area contributed by atoms with Crippen LogP contribution in [0.2, 0.25) is 5.02 Å². The van der Waals surface area contributed by atoms with Gasteiger partial charge in [-0.2, -0.15) is 4.39 Å². The van der Waals surface area contributed by atoms with Crippen LogP contribution in [0.15, 0.2) is 6.07 Å². The molecular weight excluding hydrogens is 291 g/mol. The van der Waals surface area contributed by atoms with Gasteiger partial charge in [0.15, 0.2) is 0 Å². The van der Waals surface area contributed by atoms with Crippen molar-refractivity contribution < 1.29 is 4.39 Å². The Labute approximate surface area is 130 Å². The van der Waals surface area contributed by atoms with Gasteiger partial charge in [-0.3, -0.25) is 4.90 Å². The number of nitrogens with two attached hydrogens (primary N) is 1. The van der Waals surface area contributed by atoms with Gasteiger partial charge >= 0.3 is 0 Å². The smallest absolute Gasteiger partial charge is 0.235 e. The zero-order valence-corrected chi connectivity index (χ0v) is 13.3. The van der Waals surface area contributed by atoms with E-state index in [0.29, 0.717) is 11.9 Å². The largest absolute Gasteiger partial charge is 0.397 e. The number of pyridine rings is 1. The van der Waals surface area contributed by atoms with Gasteiger partial charge in [0.2, 0.25) is 5.95 Å². The molecule has 1 aromatic heterocycles. The zero-order chi connectivity index (χ0) is 15.1. The van der Waals surface area contributed by atoms with Crippen molar-refractivity contribution in [3.8, 4) is 0 Å². The van der Waals surface area contributed by atoms with Crippen molar-refractivity contribution >= 4 is 23.1 Å². The minimum absolute atomic E-state index is 0.0904. The summed E-state index contributed by atoms with van der Waals surface area (Å²) in [6, 6.07) is 2.60. The second kappa shape index (κ2) is 5.61. The quantitative estimate of drug-likeness (QED) is 0.872. The van der Waals surface area contributed by atoms with Crippen LogP contribution in [-0.4, -0.2) is 41.6 Å². The van der Waals surface area contributed by atoms with E-state index in [-0.39, 0.29) is 16.8 Å². The first-order valence-electron chi connectivity index (χ1n) is 7.59. The number of rotatable bonds is 3. The Balaban J connectivity index is 1.73. The van der Waals surface area contributed by atoms with Crippen LogP contribution in [0, 0.1) is 11.9 Å². The fourth-order valence-electron chi connectivity index (χ4n) is 3.22. The number of halogens is 2. The SMILES string of the molecule is C[C@H](C1CC1)N1CCN(c2cc(N)c(Cl)c(F)n2)[C@@H](C)C1. The summed E-state index contributed by atoms with van der Waals surface area (Å²) in [5.74, 6) is 0.763. The number of anilines is 2. The van der Waals surface area contributed by atoms with Crippen molar-refractivity contribution in [2.75, 3.05) is 30.3 Å². The molecule has 2 atom stereocenters. The van der Waals surface area contributed by atoms with Crippen LogP contribution < -0.4 is 10.6 Å². The van der Waals surface area contributed by atoms with E-state index in [4.69, 9.17) is 17.3 Å². The number of hydrogen-bond donors (Lipinski definition) is 1. The highest BCUT2D eigenvalue weighted by Gasteiger charge is 2.35. The van der Waals surface area contributed by atoms with Crippen molar-refractivity contribution in [1.82, 2.24) is 9.88 Å². The molecule has 0 unspecified atom stereocenters. The summed E-state index contributed by atoms with van der Waals surface area (Å²) in [4.78, 5) is 8.61. The Hall–Kier alpha value is -1.07. The predicted molar refractivity (Wildman–Crippen MR) is 84.2 cm³/mol. The Kier molecular flexibility index (Phi) is 3.97. The summed E-state index contributed by atoms with van der Waals surface area (Å²) in [6.45, 7) is 7.26. The molecule has 6 heteroatoms. The molecule has 1 saturated heterocycles. The second-order valence-corrected chi connectivity index (χ2v) is 6.67. The molecule has 0 bridgehead atoms. The van der Waals surface area contributed by atoms with Crippen molar-refractivity contribution in [2.24, 2.45) is 5.92 Å². The van der Waals surface area contributed by atoms with Gasteiger partial charge < -0.3 is 10.6 Å².